The van der Waals surface area contributed by atoms with Gasteiger partial charge in [-0.15, -0.1) is 0 Å². The number of anilines is 1. The van der Waals surface area contributed by atoms with E-state index in [9.17, 15) is 9.59 Å². The molecule has 0 spiro atoms. The van der Waals surface area contributed by atoms with Gasteiger partial charge in [-0.2, -0.15) is 0 Å². The summed E-state index contributed by atoms with van der Waals surface area (Å²) in [6.07, 6.45) is 1.50. The van der Waals surface area contributed by atoms with Gasteiger partial charge in [0.2, 0.25) is 5.91 Å². The van der Waals surface area contributed by atoms with Crippen LogP contribution >= 0.6 is 0 Å². The molecule has 0 bridgehead atoms. The highest BCUT2D eigenvalue weighted by molar-refractivity contribution is 5.98. The SMILES string of the molecule is CCCC(N)C(=O)Nc1cccc(C(=O)N(C)C)c1. The summed E-state index contributed by atoms with van der Waals surface area (Å²) in [6, 6.07) is 6.32. The van der Waals surface area contributed by atoms with Crippen LogP contribution in [0.1, 0.15) is 30.1 Å². The van der Waals surface area contributed by atoms with Gasteiger partial charge in [0.25, 0.3) is 5.91 Å². The van der Waals surface area contributed by atoms with E-state index in [4.69, 9.17) is 5.73 Å². The minimum absolute atomic E-state index is 0.103. The molecule has 104 valence electrons. The van der Waals surface area contributed by atoms with Crippen LogP contribution in [0.2, 0.25) is 0 Å². The molecule has 0 saturated heterocycles. The molecule has 3 N–H and O–H groups in total. The van der Waals surface area contributed by atoms with E-state index in [0.717, 1.165) is 6.42 Å². The lowest BCUT2D eigenvalue weighted by Gasteiger charge is -2.13. The number of nitrogens with one attached hydrogen (secondary N) is 1. The number of nitrogens with zero attached hydrogens (tertiary/aromatic N) is 1. The monoisotopic (exact) mass is 263 g/mol. The zero-order valence-electron chi connectivity index (χ0n) is 11.6. The average Bonchev–Trinajstić information content (AvgIpc) is 2.38. The topological polar surface area (TPSA) is 75.4 Å². The van der Waals surface area contributed by atoms with Crippen LogP contribution in [0.3, 0.4) is 0 Å². The number of nitrogens with two attached hydrogens (primary N) is 1. The number of rotatable bonds is 5. The first kappa shape index (κ1) is 15.2. The molecule has 0 radical (unpaired) electrons. The quantitative estimate of drug-likeness (QED) is 0.844. The number of carbonyl (C=O) groups excluding carboxylic acids is 2. The van der Waals surface area contributed by atoms with E-state index in [1.54, 1.807) is 38.4 Å². The highest BCUT2D eigenvalue weighted by Gasteiger charge is 2.13. The Morgan fingerprint density at radius 3 is 2.63 bits per heavy atom. The third kappa shape index (κ3) is 4.37. The Bertz CT molecular complexity index is 458. The molecular weight excluding hydrogens is 242 g/mol. The van der Waals surface area contributed by atoms with Crippen molar-refractivity contribution >= 4 is 17.5 Å². The van der Waals surface area contributed by atoms with Crippen molar-refractivity contribution < 1.29 is 9.59 Å². The molecule has 1 rings (SSSR count). The molecule has 0 aliphatic carbocycles. The molecule has 1 aromatic rings. The maximum absolute atomic E-state index is 11.8. The molecule has 1 aromatic carbocycles. The first-order valence-corrected chi connectivity index (χ1v) is 6.34. The number of amides is 2. The molecule has 0 aliphatic rings. The standard InChI is InChI=1S/C14H21N3O2/c1-4-6-12(15)13(18)16-11-8-5-7-10(9-11)14(19)17(2)3/h5,7-9,12H,4,6,15H2,1-3H3,(H,16,18). The van der Waals surface area contributed by atoms with Gasteiger partial charge in [0.1, 0.15) is 0 Å². The van der Waals surface area contributed by atoms with Crippen LogP contribution in [0.5, 0.6) is 0 Å². The fourth-order valence-corrected chi connectivity index (χ4v) is 1.67. The van der Waals surface area contributed by atoms with E-state index in [2.05, 4.69) is 5.32 Å². The number of hydrogen-bond acceptors (Lipinski definition) is 3. The Morgan fingerprint density at radius 1 is 1.37 bits per heavy atom. The van der Waals surface area contributed by atoms with Gasteiger partial charge in [0.15, 0.2) is 0 Å². The Kier molecular flexibility index (Phi) is 5.51. The lowest BCUT2D eigenvalue weighted by Crippen LogP contribution is -2.35. The van der Waals surface area contributed by atoms with Gasteiger partial charge in [-0.3, -0.25) is 9.59 Å². The number of carbonyl (C=O) groups is 2. The highest BCUT2D eigenvalue weighted by Crippen LogP contribution is 2.12. The molecule has 19 heavy (non-hydrogen) atoms. The molecule has 5 nitrogen and oxygen atoms in total. The summed E-state index contributed by atoms with van der Waals surface area (Å²) >= 11 is 0. The third-order valence-corrected chi connectivity index (χ3v) is 2.72. The summed E-state index contributed by atoms with van der Waals surface area (Å²) < 4.78 is 0. The summed E-state index contributed by atoms with van der Waals surface area (Å²) in [5.41, 5.74) is 6.86. The second-order valence-electron chi connectivity index (χ2n) is 4.66. The molecule has 1 atom stereocenters. The molecule has 0 aliphatic heterocycles. The Balaban J connectivity index is 2.77. The van der Waals surface area contributed by atoms with Gasteiger partial charge in [0, 0.05) is 25.3 Å². The smallest absolute Gasteiger partial charge is 0.253 e. The lowest BCUT2D eigenvalue weighted by atomic mass is 10.1. The molecular formula is C14H21N3O2. The van der Waals surface area contributed by atoms with Crippen LogP contribution < -0.4 is 11.1 Å². The Labute approximate surface area is 113 Å². The second-order valence-corrected chi connectivity index (χ2v) is 4.66. The Morgan fingerprint density at radius 2 is 2.05 bits per heavy atom. The van der Waals surface area contributed by atoms with Gasteiger partial charge in [-0.1, -0.05) is 19.4 Å². The lowest BCUT2D eigenvalue weighted by molar-refractivity contribution is -0.117. The van der Waals surface area contributed by atoms with Crippen molar-refractivity contribution in [3.8, 4) is 0 Å². The average molecular weight is 263 g/mol. The van der Waals surface area contributed by atoms with Crippen LogP contribution in [0.15, 0.2) is 24.3 Å². The van der Waals surface area contributed by atoms with Crippen LogP contribution in [0, 0.1) is 0 Å². The highest BCUT2D eigenvalue weighted by atomic mass is 16.2. The van der Waals surface area contributed by atoms with Crippen LogP contribution in [0.4, 0.5) is 5.69 Å². The van der Waals surface area contributed by atoms with Crippen molar-refractivity contribution in [1.29, 1.82) is 0 Å². The molecule has 2 amide bonds. The summed E-state index contributed by atoms with van der Waals surface area (Å²) in [5, 5.41) is 2.73. The van der Waals surface area contributed by atoms with Crippen molar-refractivity contribution in [2.24, 2.45) is 5.73 Å². The molecule has 1 unspecified atom stereocenters. The van der Waals surface area contributed by atoms with Crippen LogP contribution in [0.25, 0.3) is 0 Å². The number of hydrogen-bond donors (Lipinski definition) is 2. The van der Waals surface area contributed by atoms with Gasteiger partial charge in [0.05, 0.1) is 6.04 Å². The zero-order valence-corrected chi connectivity index (χ0v) is 11.6. The summed E-state index contributed by atoms with van der Waals surface area (Å²) in [7, 11) is 3.37. The summed E-state index contributed by atoms with van der Waals surface area (Å²) in [5.74, 6) is -0.328. The van der Waals surface area contributed by atoms with E-state index in [0.29, 0.717) is 17.7 Å². The van der Waals surface area contributed by atoms with E-state index in [1.165, 1.54) is 4.90 Å². The predicted octanol–water partition coefficient (Wildman–Crippen LogP) is 1.45. The van der Waals surface area contributed by atoms with E-state index in [1.807, 2.05) is 6.92 Å². The first-order chi connectivity index (χ1) is 8.95. The van der Waals surface area contributed by atoms with E-state index >= 15 is 0 Å². The molecule has 0 fully saturated rings. The molecule has 0 saturated carbocycles. The van der Waals surface area contributed by atoms with Crippen molar-refractivity contribution in [1.82, 2.24) is 4.90 Å². The van der Waals surface area contributed by atoms with Crippen molar-refractivity contribution in [2.75, 3.05) is 19.4 Å². The maximum Gasteiger partial charge on any atom is 0.253 e. The summed E-state index contributed by atoms with van der Waals surface area (Å²) in [6.45, 7) is 1.98. The van der Waals surface area contributed by atoms with Crippen LogP contribution in [-0.4, -0.2) is 36.9 Å². The van der Waals surface area contributed by atoms with Crippen molar-refractivity contribution in [3.05, 3.63) is 29.8 Å². The normalized spacial score (nSPS) is 11.8. The molecule has 5 heteroatoms. The van der Waals surface area contributed by atoms with Crippen molar-refractivity contribution in [3.63, 3.8) is 0 Å². The Hall–Kier alpha value is -1.88. The van der Waals surface area contributed by atoms with Crippen LogP contribution in [-0.2, 0) is 4.79 Å². The van der Waals surface area contributed by atoms with Gasteiger partial charge in [-0.25, -0.2) is 0 Å². The van der Waals surface area contributed by atoms with Gasteiger partial charge >= 0.3 is 0 Å². The largest absolute Gasteiger partial charge is 0.345 e. The summed E-state index contributed by atoms with van der Waals surface area (Å²) in [4.78, 5) is 25.1. The first-order valence-electron chi connectivity index (χ1n) is 6.34. The molecule has 0 aromatic heterocycles. The third-order valence-electron chi connectivity index (χ3n) is 2.72. The van der Waals surface area contributed by atoms with E-state index < -0.39 is 6.04 Å². The molecule has 0 heterocycles. The zero-order chi connectivity index (χ0) is 14.4. The second kappa shape index (κ2) is 6.89. The van der Waals surface area contributed by atoms with Gasteiger partial charge < -0.3 is 16.0 Å². The maximum atomic E-state index is 11.8. The fourth-order valence-electron chi connectivity index (χ4n) is 1.67. The van der Waals surface area contributed by atoms with Gasteiger partial charge in [-0.05, 0) is 24.6 Å². The minimum Gasteiger partial charge on any atom is -0.345 e. The number of benzene rings is 1. The van der Waals surface area contributed by atoms with Crippen molar-refractivity contribution in [2.45, 2.75) is 25.8 Å². The predicted molar refractivity (Wildman–Crippen MR) is 76.0 cm³/mol. The fraction of sp³-hybridized carbons (Fsp3) is 0.429. The minimum atomic E-state index is -0.516. The van der Waals surface area contributed by atoms with E-state index in [-0.39, 0.29) is 11.8 Å².